The molecule has 0 radical (unpaired) electrons. The summed E-state index contributed by atoms with van der Waals surface area (Å²) in [5, 5.41) is 2.38. The number of carbonyl (C=O) groups excluding carboxylic acids is 2. The molecule has 0 bridgehead atoms. The lowest BCUT2D eigenvalue weighted by molar-refractivity contribution is -0.133. The van der Waals surface area contributed by atoms with Gasteiger partial charge in [-0.25, -0.2) is 0 Å². The van der Waals surface area contributed by atoms with Crippen molar-refractivity contribution in [1.82, 2.24) is 10.2 Å². The van der Waals surface area contributed by atoms with Gasteiger partial charge in [-0.3, -0.25) is 9.59 Å². The highest BCUT2D eigenvalue weighted by Gasteiger charge is 2.22. The monoisotopic (exact) mass is 216 g/mol. The maximum Gasteiger partial charge on any atom is 0.241 e. The molecule has 0 aliphatic carbocycles. The summed E-state index contributed by atoms with van der Waals surface area (Å²) in [5.41, 5.74) is 0. The van der Waals surface area contributed by atoms with Crippen LogP contribution in [0.15, 0.2) is 0 Å². The molecule has 0 saturated carbocycles. The van der Waals surface area contributed by atoms with Crippen LogP contribution >= 0.6 is 0 Å². The lowest BCUT2D eigenvalue weighted by atomic mass is 10.1. The van der Waals surface area contributed by atoms with Crippen molar-refractivity contribution in [2.24, 2.45) is 0 Å². The molecule has 0 unspecified atom stereocenters. The molecule has 88 valence electrons. The zero-order valence-electron chi connectivity index (χ0n) is 9.07. The number of amides is 2. The third kappa shape index (κ3) is 3.87. The van der Waals surface area contributed by atoms with Crippen molar-refractivity contribution in [2.75, 3.05) is 26.2 Å². The highest BCUT2D eigenvalue weighted by molar-refractivity contribution is 5.80. The van der Waals surface area contributed by atoms with E-state index in [2.05, 4.69) is 5.32 Å². The second-order valence-electron chi connectivity index (χ2n) is 3.53. The Morgan fingerprint density at radius 3 is 2.80 bits per heavy atom. The van der Waals surface area contributed by atoms with Crippen molar-refractivity contribution in [3.8, 4) is 0 Å². The van der Waals surface area contributed by atoms with Gasteiger partial charge >= 0.3 is 0 Å². The second kappa shape index (κ2) is 6.40. The first-order valence-corrected chi connectivity index (χ1v) is 5.34. The van der Waals surface area contributed by atoms with Gasteiger partial charge in [-0.15, -0.1) is 0 Å². The van der Waals surface area contributed by atoms with Gasteiger partial charge in [0.1, 0.15) is 0 Å². The number of piperidine rings is 1. The SMILES string of the molecule is CCOC1CCN(C(=O)CNC=O)CC1.[HH]. The van der Waals surface area contributed by atoms with E-state index in [4.69, 9.17) is 4.74 Å². The Bertz CT molecular complexity index is 218. The Labute approximate surface area is 91.2 Å². The van der Waals surface area contributed by atoms with E-state index in [0.717, 1.165) is 32.5 Å². The molecule has 5 heteroatoms. The number of likely N-dealkylation sites (tertiary alicyclic amines) is 1. The van der Waals surface area contributed by atoms with Gasteiger partial charge in [-0.1, -0.05) is 0 Å². The van der Waals surface area contributed by atoms with Crippen LogP contribution in [0.2, 0.25) is 0 Å². The zero-order chi connectivity index (χ0) is 11.1. The molecule has 0 aromatic heterocycles. The fourth-order valence-electron chi connectivity index (χ4n) is 1.75. The lowest BCUT2D eigenvalue weighted by Gasteiger charge is -2.31. The Balaban J connectivity index is 0.00000225. The summed E-state index contributed by atoms with van der Waals surface area (Å²) in [5.74, 6) is -0.0166. The van der Waals surface area contributed by atoms with Crippen LogP contribution in [0.5, 0.6) is 0 Å². The highest BCUT2D eigenvalue weighted by atomic mass is 16.5. The van der Waals surface area contributed by atoms with Crippen LogP contribution in [0.25, 0.3) is 0 Å². The van der Waals surface area contributed by atoms with E-state index in [9.17, 15) is 9.59 Å². The molecule has 0 aromatic carbocycles. The van der Waals surface area contributed by atoms with E-state index < -0.39 is 0 Å². The quantitative estimate of drug-likeness (QED) is 0.658. The zero-order valence-corrected chi connectivity index (χ0v) is 9.07. The minimum absolute atomic E-state index is 0. The van der Waals surface area contributed by atoms with Gasteiger partial charge in [-0.05, 0) is 19.8 Å². The maximum atomic E-state index is 11.5. The topological polar surface area (TPSA) is 58.6 Å². The van der Waals surface area contributed by atoms with Crippen LogP contribution in [0.1, 0.15) is 21.2 Å². The van der Waals surface area contributed by atoms with E-state index in [1.807, 2.05) is 6.92 Å². The molecule has 1 N–H and O–H groups in total. The number of ether oxygens (including phenoxy) is 1. The lowest BCUT2D eigenvalue weighted by Crippen LogP contribution is -2.44. The van der Waals surface area contributed by atoms with Gasteiger partial charge in [-0.2, -0.15) is 0 Å². The van der Waals surface area contributed by atoms with Crippen LogP contribution < -0.4 is 5.32 Å². The highest BCUT2D eigenvalue weighted by Crippen LogP contribution is 2.13. The first-order valence-electron chi connectivity index (χ1n) is 5.34. The number of rotatable bonds is 5. The maximum absolute atomic E-state index is 11.5. The molecular formula is C10H20N2O3. The van der Waals surface area contributed by atoms with Gasteiger partial charge in [0, 0.05) is 21.1 Å². The van der Waals surface area contributed by atoms with E-state index in [1.54, 1.807) is 4.90 Å². The molecule has 0 spiro atoms. The molecule has 2 amide bonds. The summed E-state index contributed by atoms with van der Waals surface area (Å²) in [4.78, 5) is 23.3. The summed E-state index contributed by atoms with van der Waals surface area (Å²) >= 11 is 0. The smallest absolute Gasteiger partial charge is 0.241 e. The summed E-state index contributed by atoms with van der Waals surface area (Å²) in [6, 6.07) is 0. The summed E-state index contributed by atoms with van der Waals surface area (Å²) in [6.45, 7) is 4.26. The average molecular weight is 216 g/mol. The molecule has 0 atom stereocenters. The predicted octanol–water partition coefficient (Wildman–Crippen LogP) is 0.00590. The van der Waals surface area contributed by atoms with Crippen LogP contribution in [-0.2, 0) is 14.3 Å². The fraction of sp³-hybridized carbons (Fsp3) is 0.800. The van der Waals surface area contributed by atoms with Crippen molar-refractivity contribution >= 4 is 12.3 Å². The Kier molecular flexibility index (Phi) is 5.10. The Hall–Kier alpha value is -1.10. The predicted molar refractivity (Wildman–Crippen MR) is 57.4 cm³/mol. The van der Waals surface area contributed by atoms with Crippen LogP contribution in [-0.4, -0.2) is 49.6 Å². The molecule has 1 saturated heterocycles. The number of carbonyl (C=O) groups is 2. The van der Waals surface area contributed by atoms with Gasteiger partial charge < -0.3 is 15.0 Å². The van der Waals surface area contributed by atoms with E-state index in [1.165, 1.54) is 0 Å². The summed E-state index contributed by atoms with van der Waals surface area (Å²) in [6.07, 6.45) is 2.62. The van der Waals surface area contributed by atoms with Crippen LogP contribution in [0.3, 0.4) is 0 Å². The minimum atomic E-state index is -0.0166. The van der Waals surface area contributed by atoms with Crippen LogP contribution in [0, 0.1) is 0 Å². The minimum Gasteiger partial charge on any atom is -0.378 e. The summed E-state index contributed by atoms with van der Waals surface area (Å²) in [7, 11) is 0. The standard InChI is InChI=1S/C10H18N2O3.H2/c1-2-15-9-3-5-12(6-4-9)10(14)7-11-8-13;/h8-9H,2-7H2,1H3,(H,11,13);1H. The molecule has 1 rings (SSSR count). The summed E-state index contributed by atoms with van der Waals surface area (Å²) < 4.78 is 5.48. The van der Waals surface area contributed by atoms with Gasteiger partial charge in [0.25, 0.3) is 0 Å². The molecule has 5 nitrogen and oxygen atoms in total. The molecule has 0 aromatic rings. The van der Waals surface area contributed by atoms with Gasteiger partial charge in [0.05, 0.1) is 12.6 Å². The fourth-order valence-corrected chi connectivity index (χ4v) is 1.75. The molecule has 1 heterocycles. The van der Waals surface area contributed by atoms with Gasteiger partial charge in [0.15, 0.2) is 0 Å². The number of hydrogen-bond acceptors (Lipinski definition) is 3. The van der Waals surface area contributed by atoms with Crippen molar-refractivity contribution < 1.29 is 15.8 Å². The second-order valence-corrected chi connectivity index (χ2v) is 3.53. The third-order valence-corrected chi connectivity index (χ3v) is 2.53. The normalized spacial score (nSPS) is 17.5. The molecule has 1 fully saturated rings. The largest absolute Gasteiger partial charge is 0.378 e. The Morgan fingerprint density at radius 2 is 2.27 bits per heavy atom. The molecule has 15 heavy (non-hydrogen) atoms. The van der Waals surface area contributed by atoms with Crippen molar-refractivity contribution in [1.29, 1.82) is 0 Å². The first kappa shape index (κ1) is 12.0. The van der Waals surface area contributed by atoms with Crippen molar-refractivity contribution in [3.63, 3.8) is 0 Å². The van der Waals surface area contributed by atoms with Crippen LogP contribution in [0.4, 0.5) is 0 Å². The molecule has 1 aliphatic rings. The van der Waals surface area contributed by atoms with E-state index in [0.29, 0.717) is 6.41 Å². The number of nitrogens with zero attached hydrogens (tertiary/aromatic N) is 1. The van der Waals surface area contributed by atoms with E-state index >= 15 is 0 Å². The molecule has 1 aliphatic heterocycles. The first-order chi connectivity index (χ1) is 7.27. The Morgan fingerprint density at radius 1 is 1.60 bits per heavy atom. The average Bonchev–Trinajstić information content (AvgIpc) is 2.27. The van der Waals surface area contributed by atoms with Crippen molar-refractivity contribution in [3.05, 3.63) is 0 Å². The third-order valence-electron chi connectivity index (χ3n) is 2.53. The number of hydrogen-bond donors (Lipinski definition) is 1. The molecular weight excluding hydrogens is 196 g/mol. The van der Waals surface area contributed by atoms with Crippen molar-refractivity contribution in [2.45, 2.75) is 25.9 Å². The number of nitrogens with one attached hydrogen (secondary N) is 1. The van der Waals surface area contributed by atoms with E-state index in [-0.39, 0.29) is 20.0 Å². The van der Waals surface area contributed by atoms with Gasteiger partial charge in [0.2, 0.25) is 12.3 Å².